The fourth-order valence-electron chi connectivity index (χ4n) is 2.62. The monoisotopic (exact) mass is 299 g/mol. The van der Waals surface area contributed by atoms with Crippen molar-refractivity contribution in [3.8, 4) is 0 Å². The highest BCUT2D eigenvalue weighted by atomic mass is 16.2. The Morgan fingerprint density at radius 2 is 2.27 bits per heavy atom. The number of carbonyl (C=O) groups excluding carboxylic acids is 2. The Hall–Kier alpha value is -2.70. The maximum Gasteiger partial charge on any atom is 0.240 e. The van der Waals surface area contributed by atoms with Crippen molar-refractivity contribution in [3.63, 3.8) is 0 Å². The molecule has 0 spiro atoms. The molecule has 22 heavy (non-hydrogen) atoms. The van der Waals surface area contributed by atoms with Gasteiger partial charge in [0.15, 0.2) is 0 Å². The second kappa shape index (κ2) is 5.97. The van der Waals surface area contributed by atoms with Crippen molar-refractivity contribution >= 4 is 17.5 Å². The van der Waals surface area contributed by atoms with E-state index in [1.54, 1.807) is 0 Å². The summed E-state index contributed by atoms with van der Waals surface area (Å²) in [6, 6.07) is 7.30. The quantitative estimate of drug-likeness (QED) is 0.860. The van der Waals surface area contributed by atoms with Gasteiger partial charge < -0.3 is 10.2 Å². The fourth-order valence-corrected chi connectivity index (χ4v) is 2.62. The smallest absolute Gasteiger partial charge is 0.240 e. The molecule has 1 atom stereocenters. The molecule has 2 amide bonds. The number of carbonyl (C=O) groups is 2. The largest absolute Gasteiger partial charge is 0.345 e. The molecule has 7 nitrogen and oxygen atoms in total. The van der Waals surface area contributed by atoms with Crippen LogP contribution in [0.25, 0.3) is 0 Å². The number of hydrogen-bond acceptors (Lipinski definition) is 4. The summed E-state index contributed by atoms with van der Waals surface area (Å²) in [5.41, 5.74) is 1.78. The van der Waals surface area contributed by atoms with E-state index >= 15 is 0 Å². The van der Waals surface area contributed by atoms with Gasteiger partial charge in [0.1, 0.15) is 18.7 Å². The number of rotatable bonds is 5. The molecule has 0 aliphatic carbocycles. The maximum absolute atomic E-state index is 12.3. The number of anilines is 1. The van der Waals surface area contributed by atoms with Crippen LogP contribution >= 0.6 is 0 Å². The van der Waals surface area contributed by atoms with Gasteiger partial charge in [0.25, 0.3) is 0 Å². The number of aromatic nitrogens is 3. The molecule has 1 aromatic carbocycles. The summed E-state index contributed by atoms with van der Waals surface area (Å²) in [5, 5.41) is 9.43. The third-order valence-corrected chi connectivity index (χ3v) is 3.73. The summed E-state index contributed by atoms with van der Waals surface area (Å²) in [6.45, 7) is 1.96. The van der Waals surface area contributed by atoms with E-state index in [1.807, 2.05) is 31.2 Å². The van der Waals surface area contributed by atoms with E-state index in [-0.39, 0.29) is 24.4 Å². The Labute approximate surface area is 127 Å². The van der Waals surface area contributed by atoms with Crippen LogP contribution in [-0.4, -0.2) is 33.5 Å². The van der Waals surface area contributed by atoms with Crippen molar-refractivity contribution in [2.45, 2.75) is 25.8 Å². The minimum absolute atomic E-state index is 0.0144. The molecular formula is C15H17N5O2. The minimum Gasteiger partial charge on any atom is -0.345 e. The molecule has 1 aromatic heterocycles. The minimum atomic E-state index is -0.233. The van der Waals surface area contributed by atoms with Crippen LogP contribution in [0.3, 0.4) is 0 Å². The number of hydrogen-bond donors (Lipinski definition) is 2. The first-order valence-electron chi connectivity index (χ1n) is 7.22. The highest BCUT2D eigenvalue weighted by molar-refractivity contribution is 6.04. The van der Waals surface area contributed by atoms with Crippen molar-refractivity contribution < 1.29 is 9.59 Å². The van der Waals surface area contributed by atoms with Gasteiger partial charge in [-0.15, -0.1) is 0 Å². The number of H-pyrrole nitrogens is 1. The molecular weight excluding hydrogens is 282 g/mol. The lowest BCUT2D eigenvalue weighted by Crippen LogP contribution is -2.40. The predicted octanol–water partition coefficient (Wildman–Crippen LogP) is 0.961. The SMILES string of the molecule is CCC(NC(=O)CN1C(=O)Cc2ccccc21)c1ncn[nH]1. The first-order valence-corrected chi connectivity index (χ1v) is 7.22. The van der Waals surface area contributed by atoms with Crippen LogP contribution in [0.4, 0.5) is 5.69 Å². The van der Waals surface area contributed by atoms with E-state index in [2.05, 4.69) is 20.5 Å². The number of nitrogens with one attached hydrogen (secondary N) is 2. The van der Waals surface area contributed by atoms with Crippen LogP contribution in [0.2, 0.25) is 0 Å². The Morgan fingerprint density at radius 3 is 3.00 bits per heavy atom. The first kappa shape index (κ1) is 14.2. The standard InChI is InChI=1S/C15H17N5O2/c1-2-11(15-16-9-17-19-15)18-13(21)8-20-12-6-4-3-5-10(12)7-14(20)22/h3-6,9,11H,2,7-8H2,1H3,(H,18,21)(H,16,17,19). The van der Waals surface area contributed by atoms with E-state index in [0.29, 0.717) is 18.7 Å². The van der Waals surface area contributed by atoms with Crippen LogP contribution in [0.15, 0.2) is 30.6 Å². The molecule has 3 rings (SSSR count). The van der Waals surface area contributed by atoms with Crippen molar-refractivity contribution in [1.29, 1.82) is 0 Å². The Balaban J connectivity index is 1.68. The van der Waals surface area contributed by atoms with Gasteiger partial charge in [-0.1, -0.05) is 25.1 Å². The number of amides is 2. The summed E-state index contributed by atoms with van der Waals surface area (Å²) in [7, 11) is 0. The van der Waals surface area contributed by atoms with Gasteiger partial charge in [-0.2, -0.15) is 5.10 Å². The lowest BCUT2D eigenvalue weighted by atomic mass is 10.2. The van der Waals surface area contributed by atoms with Crippen LogP contribution in [0.1, 0.15) is 30.8 Å². The molecule has 7 heteroatoms. The number of aromatic amines is 1. The van der Waals surface area contributed by atoms with Crippen molar-refractivity contribution in [2.75, 3.05) is 11.4 Å². The lowest BCUT2D eigenvalue weighted by molar-refractivity contribution is -0.123. The second-order valence-electron chi connectivity index (χ2n) is 5.18. The van der Waals surface area contributed by atoms with Crippen molar-refractivity contribution in [1.82, 2.24) is 20.5 Å². The zero-order valence-electron chi connectivity index (χ0n) is 12.2. The number of para-hydroxylation sites is 1. The van der Waals surface area contributed by atoms with Gasteiger partial charge in [-0.05, 0) is 18.1 Å². The normalized spacial score (nSPS) is 14.8. The Morgan fingerprint density at radius 1 is 1.45 bits per heavy atom. The molecule has 1 unspecified atom stereocenters. The Bertz CT molecular complexity index is 683. The van der Waals surface area contributed by atoms with Crippen LogP contribution in [0, 0.1) is 0 Å². The molecule has 0 radical (unpaired) electrons. The van der Waals surface area contributed by atoms with E-state index < -0.39 is 0 Å². The van der Waals surface area contributed by atoms with Gasteiger partial charge in [0.05, 0.1) is 12.5 Å². The summed E-state index contributed by atoms with van der Waals surface area (Å²) in [5.74, 6) is 0.348. The van der Waals surface area contributed by atoms with Gasteiger partial charge in [0.2, 0.25) is 11.8 Å². The Kier molecular flexibility index (Phi) is 3.86. The molecule has 0 bridgehead atoms. The summed E-state index contributed by atoms with van der Waals surface area (Å²) >= 11 is 0. The summed E-state index contributed by atoms with van der Waals surface area (Å²) in [4.78, 5) is 29.9. The van der Waals surface area contributed by atoms with Gasteiger partial charge in [-0.3, -0.25) is 14.7 Å². The van der Waals surface area contributed by atoms with Gasteiger partial charge in [-0.25, -0.2) is 4.98 Å². The zero-order chi connectivity index (χ0) is 15.5. The van der Waals surface area contributed by atoms with Gasteiger partial charge >= 0.3 is 0 Å². The summed E-state index contributed by atoms with van der Waals surface area (Å²) < 4.78 is 0. The second-order valence-corrected chi connectivity index (χ2v) is 5.18. The molecule has 0 saturated carbocycles. The zero-order valence-corrected chi connectivity index (χ0v) is 12.2. The highest BCUT2D eigenvalue weighted by Crippen LogP contribution is 2.28. The third-order valence-electron chi connectivity index (χ3n) is 3.73. The highest BCUT2D eigenvalue weighted by Gasteiger charge is 2.29. The number of fused-ring (bicyclic) bond motifs is 1. The van der Waals surface area contributed by atoms with E-state index in [0.717, 1.165) is 11.3 Å². The molecule has 0 fully saturated rings. The van der Waals surface area contributed by atoms with E-state index in [4.69, 9.17) is 0 Å². The number of benzene rings is 1. The summed E-state index contributed by atoms with van der Waals surface area (Å²) in [6.07, 6.45) is 2.44. The molecule has 2 heterocycles. The van der Waals surface area contributed by atoms with Crippen LogP contribution in [-0.2, 0) is 16.0 Å². The van der Waals surface area contributed by atoms with Gasteiger partial charge in [0, 0.05) is 5.69 Å². The molecule has 1 aliphatic rings. The third kappa shape index (κ3) is 2.69. The molecule has 2 N–H and O–H groups in total. The topological polar surface area (TPSA) is 91.0 Å². The van der Waals surface area contributed by atoms with Crippen LogP contribution < -0.4 is 10.2 Å². The molecule has 0 saturated heterocycles. The van der Waals surface area contributed by atoms with Crippen molar-refractivity contribution in [2.24, 2.45) is 0 Å². The van der Waals surface area contributed by atoms with E-state index in [9.17, 15) is 9.59 Å². The fraction of sp³-hybridized carbons (Fsp3) is 0.333. The molecule has 1 aliphatic heterocycles. The number of nitrogens with zero attached hydrogens (tertiary/aromatic N) is 3. The average molecular weight is 299 g/mol. The molecule has 114 valence electrons. The van der Waals surface area contributed by atoms with E-state index in [1.165, 1.54) is 11.2 Å². The predicted molar refractivity (Wildman–Crippen MR) is 80.1 cm³/mol. The lowest BCUT2D eigenvalue weighted by Gasteiger charge is -2.19. The molecule has 2 aromatic rings. The average Bonchev–Trinajstić information content (AvgIpc) is 3.14. The van der Waals surface area contributed by atoms with Crippen molar-refractivity contribution in [3.05, 3.63) is 42.0 Å². The maximum atomic E-state index is 12.3. The van der Waals surface area contributed by atoms with Crippen LogP contribution in [0.5, 0.6) is 0 Å². The first-order chi connectivity index (χ1) is 10.7.